The van der Waals surface area contributed by atoms with Crippen LogP contribution in [0.1, 0.15) is 72.3 Å². The molecule has 2 aromatic rings. The molecular weight excluding hydrogens is 416 g/mol. The number of amides is 1. The van der Waals surface area contributed by atoms with E-state index in [1.54, 1.807) is 0 Å². The number of rotatable bonds is 10. The van der Waals surface area contributed by atoms with Gasteiger partial charge in [0.2, 0.25) is 0 Å². The van der Waals surface area contributed by atoms with Crippen LogP contribution in [0.5, 0.6) is 0 Å². The van der Waals surface area contributed by atoms with Crippen molar-refractivity contribution in [2.45, 2.75) is 71.3 Å². The zero-order chi connectivity index (χ0) is 23.8. The number of aromatic nitrogens is 2. The fourth-order valence-corrected chi connectivity index (χ4v) is 4.71. The minimum absolute atomic E-state index is 0.0472. The Morgan fingerprint density at radius 1 is 1.15 bits per heavy atom. The topological polar surface area (TPSA) is 76.5 Å². The molecule has 1 amide bonds. The second-order valence-corrected chi connectivity index (χ2v) is 9.07. The van der Waals surface area contributed by atoms with Crippen LogP contribution in [0.25, 0.3) is 5.69 Å². The fraction of sp³-hybridized carbons (Fsp3) is 0.577. The van der Waals surface area contributed by atoms with E-state index in [0.717, 1.165) is 35.6 Å². The van der Waals surface area contributed by atoms with Gasteiger partial charge >= 0.3 is 5.97 Å². The molecule has 1 heterocycles. The van der Waals surface area contributed by atoms with Crippen LogP contribution in [0.2, 0.25) is 0 Å². The summed E-state index contributed by atoms with van der Waals surface area (Å²) in [5, 5.41) is 7.68. The van der Waals surface area contributed by atoms with Crippen molar-refractivity contribution < 1.29 is 14.3 Å². The smallest absolute Gasteiger partial charge is 0.305 e. The number of carbonyl (C=O) groups excluding carboxylic acids is 2. The van der Waals surface area contributed by atoms with E-state index in [-0.39, 0.29) is 11.9 Å². The number of carbonyl (C=O) groups is 2. The van der Waals surface area contributed by atoms with Gasteiger partial charge < -0.3 is 15.0 Å². The summed E-state index contributed by atoms with van der Waals surface area (Å²) in [7, 11) is 3.61. The van der Waals surface area contributed by atoms with Crippen molar-refractivity contribution in [2.24, 2.45) is 0 Å². The Kier molecular flexibility index (Phi) is 9.06. The van der Waals surface area contributed by atoms with Crippen LogP contribution >= 0.6 is 0 Å². The standard InChI is InChI=1S/C26H38N4O3/c1-19-24(15-16-25(31)33-4)20(2)30(28-19)23-13-11-21(12-14-23)26(32)27-17-8-18-29(3)22-9-6-5-7-10-22/h11-14,22H,5-10,15-18H2,1-4H3,(H,27,32). The Hall–Kier alpha value is -2.67. The molecule has 7 nitrogen and oxygen atoms in total. The van der Waals surface area contributed by atoms with Gasteiger partial charge in [0, 0.05) is 30.3 Å². The Bertz CT molecular complexity index is 930. The summed E-state index contributed by atoms with van der Waals surface area (Å²) >= 11 is 0. The number of aryl methyl sites for hydroxylation is 1. The minimum Gasteiger partial charge on any atom is -0.469 e. The third-order valence-corrected chi connectivity index (χ3v) is 6.79. The van der Waals surface area contributed by atoms with Gasteiger partial charge in [-0.05, 0) is 83.0 Å². The zero-order valence-electron chi connectivity index (χ0n) is 20.5. The molecule has 1 N–H and O–H groups in total. The van der Waals surface area contributed by atoms with E-state index in [1.165, 1.54) is 39.2 Å². The predicted molar refractivity (Wildman–Crippen MR) is 130 cm³/mol. The molecule has 1 saturated carbocycles. The minimum atomic E-state index is -0.224. The van der Waals surface area contributed by atoms with Gasteiger partial charge in [0.05, 0.1) is 18.5 Å². The molecule has 1 aromatic carbocycles. The van der Waals surface area contributed by atoms with Gasteiger partial charge in [-0.15, -0.1) is 0 Å². The van der Waals surface area contributed by atoms with Crippen molar-refractivity contribution in [2.75, 3.05) is 27.2 Å². The number of methoxy groups -OCH3 is 1. The molecule has 1 aliphatic carbocycles. The van der Waals surface area contributed by atoms with E-state index in [2.05, 4.69) is 22.4 Å². The molecular formula is C26H38N4O3. The monoisotopic (exact) mass is 454 g/mol. The van der Waals surface area contributed by atoms with Crippen LogP contribution in [0.3, 0.4) is 0 Å². The van der Waals surface area contributed by atoms with Crippen LogP contribution in [0, 0.1) is 13.8 Å². The van der Waals surface area contributed by atoms with Gasteiger partial charge in [-0.3, -0.25) is 9.59 Å². The lowest BCUT2D eigenvalue weighted by Crippen LogP contribution is -2.35. The largest absolute Gasteiger partial charge is 0.469 e. The van der Waals surface area contributed by atoms with Crippen molar-refractivity contribution in [1.29, 1.82) is 0 Å². The molecule has 3 rings (SSSR count). The first-order valence-corrected chi connectivity index (χ1v) is 12.1. The highest BCUT2D eigenvalue weighted by atomic mass is 16.5. The SMILES string of the molecule is COC(=O)CCc1c(C)nn(-c2ccc(C(=O)NCCCN(C)C3CCCCC3)cc2)c1C. The lowest BCUT2D eigenvalue weighted by Gasteiger charge is -2.31. The molecule has 1 aliphatic rings. The maximum absolute atomic E-state index is 12.6. The Labute approximate surface area is 197 Å². The lowest BCUT2D eigenvalue weighted by molar-refractivity contribution is -0.140. The molecule has 0 bridgehead atoms. The van der Waals surface area contributed by atoms with Crippen LogP contribution in [-0.2, 0) is 16.0 Å². The number of hydrogen-bond acceptors (Lipinski definition) is 5. The summed E-state index contributed by atoms with van der Waals surface area (Å²) in [5.74, 6) is -0.272. The second kappa shape index (κ2) is 12.0. The Morgan fingerprint density at radius 2 is 1.85 bits per heavy atom. The highest BCUT2D eigenvalue weighted by Gasteiger charge is 2.18. The number of benzene rings is 1. The summed E-state index contributed by atoms with van der Waals surface area (Å²) in [4.78, 5) is 26.5. The van der Waals surface area contributed by atoms with Crippen molar-refractivity contribution in [1.82, 2.24) is 20.0 Å². The van der Waals surface area contributed by atoms with Crippen LogP contribution < -0.4 is 5.32 Å². The quantitative estimate of drug-likeness (QED) is 0.434. The van der Waals surface area contributed by atoms with E-state index in [4.69, 9.17) is 4.74 Å². The lowest BCUT2D eigenvalue weighted by atomic mass is 9.94. The number of ether oxygens (including phenoxy) is 1. The van der Waals surface area contributed by atoms with Crippen molar-refractivity contribution in [3.63, 3.8) is 0 Å². The van der Waals surface area contributed by atoms with Crippen molar-refractivity contribution >= 4 is 11.9 Å². The number of nitrogens with zero attached hydrogens (tertiary/aromatic N) is 3. The summed E-state index contributed by atoms with van der Waals surface area (Å²) in [5.41, 5.74) is 4.49. The molecule has 0 aliphatic heterocycles. The van der Waals surface area contributed by atoms with Gasteiger partial charge in [-0.25, -0.2) is 4.68 Å². The molecule has 0 unspecified atom stereocenters. The molecule has 180 valence electrons. The average Bonchev–Trinajstić information content (AvgIpc) is 3.13. The molecule has 0 saturated heterocycles. The predicted octanol–water partition coefficient (Wildman–Crippen LogP) is 3.98. The molecule has 7 heteroatoms. The summed E-state index contributed by atoms with van der Waals surface area (Å²) < 4.78 is 6.61. The summed E-state index contributed by atoms with van der Waals surface area (Å²) in [6, 6.07) is 8.20. The highest BCUT2D eigenvalue weighted by molar-refractivity contribution is 5.94. The van der Waals surface area contributed by atoms with E-state index < -0.39 is 0 Å². The average molecular weight is 455 g/mol. The van der Waals surface area contributed by atoms with E-state index >= 15 is 0 Å². The number of hydrogen-bond donors (Lipinski definition) is 1. The number of esters is 1. The molecule has 1 fully saturated rings. The molecule has 1 aromatic heterocycles. The van der Waals surface area contributed by atoms with Gasteiger partial charge in [0.15, 0.2) is 0 Å². The zero-order valence-corrected chi connectivity index (χ0v) is 20.5. The summed E-state index contributed by atoms with van der Waals surface area (Å²) in [6.07, 6.45) is 8.54. The third kappa shape index (κ3) is 6.67. The normalized spacial score (nSPS) is 14.5. The van der Waals surface area contributed by atoms with E-state index in [0.29, 0.717) is 31.0 Å². The maximum Gasteiger partial charge on any atom is 0.305 e. The van der Waals surface area contributed by atoms with Crippen LogP contribution in [0.4, 0.5) is 0 Å². The van der Waals surface area contributed by atoms with E-state index in [1.807, 2.05) is 42.8 Å². The van der Waals surface area contributed by atoms with Crippen molar-refractivity contribution in [3.8, 4) is 5.69 Å². The third-order valence-electron chi connectivity index (χ3n) is 6.79. The van der Waals surface area contributed by atoms with E-state index in [9.17, 15) is 9.59 Å². The molecule has 0 atom stereocenters. The molecule has 33 heavy (non-hydrogen) atoms. The van der Waals surface area contributed by atoms with Crippen molar-refractivity contribution in [3.05, 3.63) is 46.8 Å². The molecule has 0 radical (unpaired) electrons. The fourth-order valence-electron chi connectivity index (χ4n) is 4.71. The van der Waals surface area contributed by atoms with Gasteiger partial charge in [-0.1, -0.05) is 19.3 Å². The van der Waals surface area contributed by atoms with Crippen LogP contribution in [-0.4, -0.2) is 59.8 Å². The summed E-state index contributed by atoms with van der Waals surface area (Å²) in [6.45, 7) is 5.64. The van der Waals surface area contributed by atoms with Crippen LogP contribution in [0.15, 0.2) is 24.3 Å². The second-order valence-electron chi connectivity index (χ2n) is 9.07. The first-order chi connectivity index (χ1) is 15.9. The highest BCUT2D eigenvalue weighted by Crippen LogP contribution is 2.22. The first-order valence-electron chi connectivity index (χ1n) is 12.1. The Morgan fingerprint density at radius 3 is 2.52 bits per heavy atom. The van der Waals surface area contributed by atoms with Gasteiger partial charge in [0.1, 0.15) is 0 Å². The molecule has 0 spiro atoms. The maximum atomic E-state index is 12.6. The first kappa shape index (κ1) is 25.0. The van der Waals surface area contributed by atoms with Gasteiger partial charge in [-0.2, -0.15) is 5.10 Å². The van der Waals surface area contributed by atoms with Gasteiger partial charge in [0.25, 0.3) is 5.91 Å². The Balaban J connectivity index is 1.51. The number of nitrogens with one attached hydrogen (secondary N) is 1.